The van der Waals surface area contributed by atoms with E-state index >= 15 is 0 Å². The Balaban J connectivity index is -0.000000116. The van der Waals surface area contributed by atoms with Gasteiger partial charge in [-0.25, -0.2) is 0 Å². The van der Waals surface area contributed by atoms with Gasteiger partial charge in [-0.2, -0.15) is 0 Å². The highest BCUT2D eigenvalue weighted by Gasteiger charge is 1.88. The third-order valence-corrected chi connectivity index (χ3v) is 0.442. The summed E-state index contributed by atoms with van der Waals surface area (Å²) in [5.74, 6) is 0. The van der Waals surface area contributed by atoms with Crippen LogP contribution in [0.2, 0.25) is 0 Å². The Morgan fingerprint density at radius 3 is 1.58 bits per heavy atom. The van der Waals surface area contributed by atoms with E-state index in [1.807, 2.05) is 12.4 Å². The van der Waals surface area contributed by atoms with Crippen LogP contribution in [0.5, 0.6) is 0 Å². The van der Waals surface area contributed by atoms with Crippen molar-refractivity contribution in [2.75, 3.05) is 28.2 Å². The molecule has 2 N–H and O–H groups in total. The van der Waals surface area contributed by atoms with Crippen molar-refractivity contribution in [3.63, 3.8) is 0 Å². The molecule has 0 aliphatic carbocycles. The zero-order chi connectivity index (χ0) is 8.04. The van der Waals surface area contributed by atoms with Crippen molar-refractivity contribution in [1.82, 2.24) is 4.98 Å². The molecule has 0 aliphatic heterocycles. The van der Waals surface area contributed by atoms with Gasteiger partial charge in [0, 0.05) is 0 Å². The molecule has 1 aromatic heterocycles. The number of nitrogens with one attached hydrogen (secondary N) is 2. The fourth-order valence-electron chi connectivity index (χ4n) is 0.241. The number of imidazole rings is 1. The summed E-state index contributed by atoms with van der Waals surface area (Å²) < 4.78 is 1.00. The van der Waals surface area contributed by atoms with E-state index in [0.29, 0.717) is 0 Å². The SMILES string of the molecule is C[N+](C)(C)C.[Br-].[Br-].c1c[nH+]c[nH]1. The van der Waals surface area contributed by atoms with Crippen LogP contribution in [0.3, 0.4) is 0 Å². The summed E-state index contributed by atoms with van der Waals surface area (Å²) in [5.41, 5.74) is 0. The number of hydrogen-bond donors (Lipinski definition) is 1. The lowest BCUT2D eigenvalue weighted by Gasteiger charge is -2.14. The van der Waals surface area contributed by atoms with Crippen molar-refractivity contribution in [1.29, 1.82) is 0 Å². The molecule has 1 aromatic rings. The van der Waals surface area contributed by atoms with Gasteiger partial charge in [-0.15, -0.1) is 0 Å². The Kier molecular flexibility index (Phi) is 13.9. The minimum absolute atomic E-state index is 0. The van der Waals surface area contributed by atoms with E-state index in [1.165, 1.54) is 0 Å². The second-order valence-electron chi connectivity index (χ2n) is 3.49. The first-order valence-corrected chi connectivity index (χ1v) is 3.28. The fraction of sp³-hybridized carbons (Fsp3) is 0.571. The summed E-state index contributed by atoms with van der Waals surface area (Å²) >= 11 is 0. The first-order chi connectivity index (χ1) is 4.50. The Bertz CT molecular complexity index is 123. The van der Waals surface area contributed by atoms with Gasteiger partial charge in [0.2, 0.25) is 6.33 Å². The smallest absolute Gasteiger partial charge is 0.239 e. The maximum Gasteiger partial charge on any atom is 0.239 e. The quantitative estimate of drug-likeness (QED) is 0.463. The van der Waals surface area contributed by atoms with Crippen LogP contribution in [0.25, 0.3) is 0 Å². The van der Waals surface area contributed by atoms with E-state index in [4.69, 9.17) is 0 Å². The van der Waals surface area contributed by atoms with E-state index in [9.17, 15) is 0 Å². The van der Waals surface area contributed by atoms with Crippen LogP contribution in [0.4, 0.5) is 0 Å². The Morgan fingerprint density at radius 1 is 1.08 bits per heavy atom. The predicted molar refractivity (Wildman–Crippen MR) is 41.3 cm³/mol. The lowest BCUT2D eigenvalue weighted by molar-refractivity contribution is -0.849. The molecule has 0 fully saturated rings. The highest BCUT2D eigenvalue weighted by Crippen LogP contribution is 1.73. The van der Waals surface area contributed by atoms with Gasteiger partial charge in [-0.3, -0.25) is 9.97 Å². The van der Waals surface area contributed by atoms with Crippen molar-refractivity contribution in [3.8, 4) is 0 Å². The first-order valence-electron chi connectivity index (χ1n) is 3.28. The molecular formula is C7H17Br2N3. The zero-order valence-electron chi connectivity index (χ0n) is 7.94. The molecule has 0 saturated heterocycles. The van der Waals surface area contributed by atoms with Gasteiger partial charge in [0.25, 0.3) is 0 Å². The van der Waals surface area contributed by atoms with Crippen molar-refractivity contribution in [2.24, 2.45) is 0 Å². The molecule has 5 heteroatoms. The molecule has 0 saturated carbocycles. The summed E-state index contributed by atoms with van der Waals surface area (Å²) in [5, 5.41) is 0. The lowest BCUT2D eigenvalue weighted by atomic mass is 10.8. The molecule has 0 aromatic carbocycles. The zero-order valence-corrected chi connectivity index (χ0v) is 11.1. The van der Waals surface area contributed by atoms with E-state index < -0.39 is 0 Å². The lowest BCUT2D eigenvalue weighted by Crippen LogP contribution is -3.00. The Morgan fingerprint density at radius 2 is 1.50 bits per heavy atom. The topological polar surface area (TPSA) is 29.9 Å². The number of H-pyrrole nitrogens is 2. The Labute approximate surface area is 95.3 Å². The number of nitrogens with zero attached hydrogens (tertiary/aromatic N) is 1. The van der Waals surface area contributed by atoms with Gasteiger partial charge >= 0.3 is 0 Å². The minimum atomic E-state index is 0. The van der Waals surface area contributed by atoms with Crippen LogP contribution < -0.4 is 38.9 Å². The van der Waals surface area contributed by atoms with Crippen molar-refractivity contribution < 1.29 is 43.4 Å². The number of quaternary nitrogens is 1. The number of halogens is 2. The van der Waals surface area contributed by atoms with Crippen LogP contribution >= 0.6 is 0 Å². The number of hydrogen-bond acceptors (Lipinski definition) is 0. The van der Waals surface area contributed by atoms with Gasteiger partial charge in [-0.1, -0.05) is 0 Å². The molecule has 0 atom stereocenters. The summed E-state index contributed by atoms with van der Waals surface area (Å²) in [6.45, 7) is 0. The molecular weight excluding hydrogens is 286 g/mol. The van der Waals surface area contributed by atoms with Crippen LogP contribution in [0.15, 0.2) is 18.7 Å². The summed E-state index contributed by atoms with van der Waals surface area (Å²) in [7, 11) is 8.50. The number of aromatic amines is 2. The monoisotopic (exact) mass is 301 g/mol. The molecule has 1 rings (SSSR count). The average molecular weight is 303 g/mol. The highest BCUT2D eigenvalue weighted by atomic mass is 79.9. The molecule has 1 heterocycles. The van der Waals surface area contributed by atoms with Crippen molar-refractivity contribution in [3.05, 3.63) is 18.7 Å². The third-order valence-electron chi connectivity index (χ3n) is 0.442. The molecule has 0 amide bonds. The molecule has 0 radical (unpaired) electrons. The molecule has 0 bridgehead atoms. The van der Waals surface area contributed by atoms with Crippen LogP contribution in [-0.4, -0.2) is 37.7 Å². The highest BCUT2D eigenvalue weighted by molar-refractivity contribution is 4.52. The summed E-state index contributed by atoms with van der Waals surface area (Å²) in [6.07, 6.45) is 5.39. The predicted octanol–water partition coefficient (Wildman–Crippen LogP) is -5.84. The molecule has 3 nitrogen and oxygen atoms in total. The molecule has 74 valence electrons. The van der Waals surface area contributed by atoms with E-state index in [-0.39, 0.29) is 34.0 Å². The van der Waals surface area contributed by atoms with Crippen LogP contribution in [0.1, 0.15) is 0 Å². The van der Waals surface area contributed by atoms with Crippen LogP contribution in [0, 0.1) is 0 Å². The van der Waals surface area contributed by atoms with Gasteiger partial charge in [-0.05, 0) is 0 Å². The van der Waals surface area contributed by atoms with Crippen molar-refractivity contribution in [2.45, 2.75) is 0 Å². The summed E-state index contributed by atoms with van der Waals surface area (Å²) in [6, 6.07) is 0. The molecule has 0 aliphatic rings. The Hall–Kier alpha value is 0.130. The van der Waals surface area contributed by atoms with Crippen LogP contribution in [-0.2, 0) is 0 Å². The van der Waals surface area contributed by atoms with Crippen molar-refractivity contribution >= 4 is 0 Å². The number of rotatable bonds is 0. The van der Waals surface area contributed by atoms with Gasteiger partial charge in [0.05, 0.1) is 28.2 Å². The molecule has 0 unspecified atom stereocenters. The average Bonchev–Trinajstić information content (AvgIpc) is 2.07. The summed E-state index contributed by atoms with van der Waals surface area (Å²) in [4.78, 5) is 5.61. The van der Waals surface area contributed by atoms with E-state index in [0.717, 1.165) is 4.48 Å². The maximum absolute atomic E-state index is 2.81. The standard InChI is InChI=1S/C4H12N.C3H4N2.2BrH/c1-5(2,3)4;1-2-5-3-4-1;;/h1-4H3;1-3H,(H,4,5);2*1H/q+1;;;/p-1. The third kappa shape index (κ3) is 32.1. The largest absolute Gasteiger partial charge is 1.00 e. The second kappa shape index (κ2) is 9.22. The van der Waals surface area contributed by atoms with E-state index in [1.54, 1.807) is 6.33 Å². The molecule has 12 heavy (non-hydrogen) atoms. The van der Waals surface area contributed by atoms with Gasteiger partial charge in [0.1, 0.15) is 12.4 Å². The molecule has 0 spiro atoms. The van der Waals surface area contributed by atoms with Gasteiger partial charge < -0.3 is 38.4 Å². The van der Waals surface area contributed by atoms with E-state index in [2.05, 4.69) is 38.2 Å². The first kappa shape index (κ1) is 18.0. The number of aromatic nitrogens is 2. The van der Waals surface area contributed by atoms with Gasteiger partial charge in [0.15, 0.2) is 0 Å². The fourth-order valence-corrected chi connectivity index (χ4v) is 0.241. The maximum atomic E-state index is 2.81. The minimum Gasteiger partial charge on any atom is -1.00 e. The normalized spacial score (nSPS) is 8.33. The second-order valence-corrected chi connectivity index (χ2v) is 3.49.